The zero-order chi connectivity index (χ0) is 9.10. The molecule has 5 nitrogen and oxygen atoms in total. The van der Waals surface area contributed by atoms with Gasteiger partial charge in [0.05, 0.1) is 6.26 Å². The van der Waals surface area contributed by atoms with Gasteiger partial charge in [-0.1, -0.05) is 0 Å². The lowest BCUT2D eigenvalue weighted by Crippen LogP contribution is -1.98. The minimum Gasteiger partial charge on any atom is -0.467 e. The number of aromatic nitrogens is 3. The number of nitrogens with zero attached hydrogens (tertiary/aromatic N) is 4. The average Bonchev–Trinajstić information content (AvgIpc) is 2.76. The van der Waals surface area contributed by atoms with E-state index in [1.54, 1.807) is 17.0 Å². The predicted molar refractivity (Wildman–Crippen MR) is 42.5 cm³/mol. The van der Waals surface area contributed by atoms with Crippen LogP contribution >= 0.6 is 0 Å². The molecule has 2 aromatic rings. The van der Waals surface area contributed by atoms with Gasteiger partial charge in [0, 0.05) is 0 Å². The van der Waals surface area contributed by atoms with E-state index in [-0.39, 0.29) is 5.82 Å². The first kappa shape index (κ1) is 7.55. The van der Waals surface area contributed by atoms with Crippen molar-refractivity contribution in [2.75, 3.05) is 0 Å². The molecule has 64 valence electrons. The van der Waals surface area contributed by atoms with Gasteiger partial charge < -0.3 is 4.42 Å². The van der Waals surface area contributed by atoms with E-state index in [2.05, 4.69) is 10.1 Å². The molecule has 2 rings (SSSR count). The Morgan fingerprint density at radius 3 is 3.15 bits per heavy atom. The van der Waals surface area contributed by atoms with E-state index in [0.717, 1.165) is 5.76 Å². The first-order chi connectivity index (χ1) is 6.38. The third kappa shape index (κ3) is 1.56. The van der Waals surface area contributed by atoms with Crippen LogP contribution in [0.25, 0.3) is 0 Å². The van der Waals surface area contributed by atoms with Crippen molar-refractivity contribution in [1.82, 2.24) is 14.8 Å². The molecule has 0 aromatic carbocycles. The molecule has 0 atom stereocenters. The molecule has 0 aliphatic carbocycles. The molecule has 0 fully saturated rings. The SMILES string of the molecule is N#Cc1ncn(Cc2ccco2)n1. The van der Waals surface area contributed by atoms with E-state index in [1.807, 2.05) is 12.1 Å². The number of hydrogen-bond acceptors (Lipinski definition) is 4. The Kier molecular flexibility index (Phi) is 1.81. The van der Waals surface area contributed by atoms with Crippen LogP contribution in [0.2, 0.25) is 0 Å². The predicted octanol–water partition coefficient (Wildman–Crippen LogP) is 0.791. The number of hydrogen-bond donors (Lipinski definition) is 0. The van der Waals surface area contributed by atoms with E-state index in [4.69, 9.17) is 9.68 Å². The Balaban J connectivity index is 2.15. The van der Waals surface area contributed by atoms with E-state index in [9.17, 15) is 0 Å². The van der Waals surface area contributed by atoms with Crippen molar-refractivity contribution in [3.63, 3.8) is 0 Å². The minimum atomic E-state index is 0.173. The van der Waals surface area contributed by atoms with Crippen LogP contribution in [-0.4, -0.2) is 14.8 Å². The largest absolute Gasteiger partial charge is 0.467 e. The Bertz CT molecular complexity index is 423. The van der Waals surface area contributed by atoms with Gasteiger partial charge in [-0.15, -0.1) is 5.10 Å². The van der Waals surface area contributed by atoms with Gasteiger partial charge in [0.2, 0.25) is 0 Å². The second-order valence-corrected chi connectivity index (χ2v) is 2.46. The molecule has 0 spiro atoms. The first-order valence-corrected chi connectivity index (χ1v) is 3.70. The molecule has 0 N–H and O–H groups in total. The van der Waals surface area contributed by atoms with Crippen LogP contribution in [0.1, 0.15) is 11.6 Å². The summed E-state index contributed by atoms with van der Waals surface area (Å²) in [4.78, 5) is 3.76. The van der Waals surface area contributed by atoms with Crippen LogP contribution in [0.3, 0.4) is 0 Å². The summed E-state index contributed by atoms with van der Waals surface area (Å²) in [5, 5.41) is 12.4. The van der Waals surface area contributed by atoms with Gasteiger partial charge in [-0.25, -0.2) is 9.67 Å². The van der Waals surface area contributed by atoms with Gasteiger partial charge in [0.1, 0.15) is 24.7 Å². The molecule has 2 aromatic heterocycles. The van der Waals surface area contributed by atoms with E-state index >= 15 is 0 Å². The number of furan rings is 1. The van der Waals surface area contributed by atoms with Crippen LogP contribution in [0.5, 0.6) is 0 Å². The van der Waals surface area contributed by atoms with Crippen LogP contribution in [-0.2, 0) is 6.54 Å². The Hall–Kier alpha value is -2.09. The zero-order valence-corrected chi connectivity index (χ0v) is 6.71. The molecule has 0 saturated carbocycles. The molecule has 0 unspecified atom stereocenters. The fourth-order valence-electron chi connectivity index (χ4n) is 0.984. The fourth-order valence-corrected chi connectivity index (χ4v) is 0.984. The van der Waals surface area contributed by atoms with Crippen molar-refractivity contribution >= 4 is 0 Å². The lowest BCUT2D eigenvalue weighted by atomic mass is 10.4. The van der Waals surface area contributed by atoms with Crippen molar-refractivity contribution in [1.29, 1.82) is 5.26 Å². The van der Waals surface area contributed by atoms with Crippen molar-refractivity contribution in [2.45, 2.75) is 6.54 Å². The Morgan fingerprint density at radius 2 is 2.54 bits per heavy atom. The second-order valence-electron chi connectivity index (χ2n) is 2.46. The summed E-state index contributed by atoms with van der Waals surface area (Å²) < 4.78 is 6.66. The first-order valence-electron chi connectivity index (χ1n) is 3.70. The molecule has 0 saturated heterocycles. The third-order valence-corrected chi connectivity index (χ3v) is 1.53. The summed E-state index contributed by atoms with van der Waals surface area (Å²) in [7, 11) is 0. The maximum atomic E-state index is 8.47. The van der Waals surface area contributed by atoms with E-state index in [0.29, 0.717) is 6.54 Å². The second kappa shape index (κ2) is 3.11. The standard InChI is InChI=1S/C8H6N4O/c9-4-8-10-6-12(11-8)5-7-2-1-3-13-7/h1-3,6H,5H2. The highest BCUT2D eigenvalue weighted by molar-refractivity contribution is 5.06. The van der Waals surface area contributed by atoms with Gasteiger partial charge in [-0.05, 0) is 12.1 Å². The molecule has 0 amide bonds. The summed E-state index contributed by atoms with van der Waals surface area (Å²) in [5.41, 5.74) is 0. The van der Waals surface area contributed by atoms with Gasteiger partial charge in [0.25, 0.3) is 5.82 Å². The average molecular weight is 174 g/mol. The zero-order valence-electron chi connectivity index (χ0n) is 6.71. The molecular formula is C8H6N4O. The molecule has 13 heavy (non-hydrogen) atoms. The highest BCUT2D eigenvalue weighted by Crippen LogP contribution is 2.01. The van der Waals surface area contributed by atoms with Crippen molar-refractivity contribution < 1.29 is 4.42 Å². The van der Waals surface area contributed by atoms with Crippen molar-refractivity contribution in [3.05, 3.63) is 36.3 Å². The van der Waals surface area contributed by atoms with Crippen LogP contribution in [0.4, 0.5) is 0 Å². The lowest BCUT2D eigenvalue weighted by molar-refractivity contribution is 0.479. The smallest absolute Gasteiger partial charge is 0.252 e. The summed E-state index contributed by atoms with van der Waals surface area (Å²) in [6.45, 7) is 0.502. The van der Waals surface area contributed by atoms with Gasteiger partial charge in [-0.2, -0.15) is 5.26 Å². The maximum absolute atomic E-state index is 8.47. The minimum absolute atomic E-state index is 0.173. The maximum Gasteiger partial charge on any atom is 0.252 e. The lowest BCUT2D eigenvalue weighted by Gasteiger charge is -1.93. The Morgan fingerprint density at radius 1 is 1.62 bits per heavy atom. The molecule has 0 radical (unpaired) electrons. The normalized spacial score (nSPS) is 9.77. The third-order valence-electron chi connectivity index (χ3n) is 1.53. The van der Waals surface area contributed by atoms with Gasteiger partial charge >= 0.3 is 0 Å². The molecule has 0 bridgehead atoms. The molecule has 0 aliphatic rings. The quantitative estimate of drug-likeness (QED) is 0.675. The van der Waals surface area contributed by atoms with Crippen molar-refractivity contribution in [2.24, 2.45) is 0 Å². The van der Waals surface area contributed by atoms with E-state index in [1.165, 1.54) is 6.33 Å². The molecule has 0 aliphatic heterocycles. The fraction of sp³-hybridized carbons (Fsp3) is 0.125. The summed E-state index contributed by atoms with van der Waals surface area (Å²) >= 11 is 0. The van der Waals surface area contributed by atoms with Gasteiger partial charge in [0.15, 0.2) is 0 Å². The molecule has 2 heterocycles. The summed E-state index contributed by atoms with van der Waals surface area (Å²) in [6.07, 6.45) is 3.10. The highest BCUT2D eigenvalue weighted by Gasteiger charge is 2.00. The molecular weight excluding hydrogens is 168 g/mol. The highest BCUT2D eigenvalue weighted by atomic mass is 16.3. The molecule has 5 heteroatoms. The number of nitriles is 1. The number of rotatable bonds is 2. The summed E-state index contributed by atoms with van der Waals surface area (Å²) in [6, 6.07) is 5.50. The monoisotopic (exact) mass is 174 g/mol. The van der Waals surface area contributed by atoms with Crippen molar-refractivity contribution in [3.8, 4) is 6.07 Å². The topological polar surface area (TPSA) is 67.6 Å². The van der Waals surface area contributed by atoms with Crippen LogP contribution < -0.4 is 0 Å². The van der Waals surface area contributed by atoms with E-state index < -0.39 is 0 Å². The van der Waals surface area contributed by atoms with Crippen LogP contribution in [0.15, 0.2) is 29.1 Å². The Labute approximate surface area is 74.2 Å². The summed E-state index contributed by atoms with van der Waals surface area (Å²) in [5.74, 6) is 0.959. The van der Waals surface area contributed by atoms with Gasteiger partial charge in [-0.3, -0.25) is 0 Å². The van der Waals surface area contributed by atoms with Crippen LogP contribution in [0, 0.1) is 11.3 Å².